The van der Waals surface area contributed by atoms with Gasteiger partial charge in [0.15, 0.2) is 11.6 Å². The van der Waals surface area contributed by atoms with Crippen molar-refractivity contribution < 1.29 is 18.4 Å². The summed E-state index contributed by atoms with van der Waals surface area (Å²) >= 11 is 13.8. The molecule has 1 aliphatic carbocycles. The molecule has 4 aromatic heterocycles. The Morgan fingerprint density at radius 2 is 1.03 bits per heavy atom. The summed E-state index contributed by atoms with van der Waals surface area (Å²) in [5.41, 5.74) is 10.0. The van der Waals surface area contributed by atoms with Gasteiger partial charge in [0.2, 0.25) is 11.8 Å². The standard InChI is InChI=1S/C30H31ClFN5O.C28H29ClFN5O/c1-6-24(38)35-14-19(5)36(15-18(35)4)29-17(3)12-33-28-22(29)11-23(31)26(27(28)32)25-16(2)7-8-20-13-34-37(30(20)25)21-9-10-21;1-7-22(36)34-13-18(5)35(14-17(34)4)27-16(3)11-31-26-20(27)10-21(29)24(25(26)30)23-15(2)8-9-19-12-32-33(6)28(19)23/h6-8,11-13,18-19,21H,1,9-10,14-15H2,2-5H3;7-12,17-18H,1,13-14H2,2-6H3/t18-,19+;17-,18+/m11/s1. The van der Waals surface area contributed by atoms with Crippen molar-refractivity contribution in [3.63, 3.8) is 0 Å². The van der Waals surface area contributed by atoms with Gasteiger partial charge in [0.1, 0.15) is 11.0 Å². The number of fused-ring (bicyclic) bond motifs is 4. The molecule has 0 spiro atoms. The maximum atomic E-state index is 16.6. The minimum absolute atomic E-state index is 0.0151. The fourth-order valence-electron chi connectivity index (χ4n) is 11.5. The molecule has 0 bridgehead atoms. The maximum absolute atomic E-state index is 16.6. The molecule has 2 saturated heterocycles. The van der Waals surface area contributed by atoms with E-state index in [9.17, 15) is 9.59 Å². The third-order valence-corrected chi connectivity index (χ3v) is 15.9. The first-order chi connectivity index (χ1) is 35.3. The first-order valence-corrected chi connectivity index (χ1v) is 25.9. The molecule has 16 heteroatoms. The van der Waals surface area contributed by atoms with Crippen molar-refractivity contribution in [2.45, 2.75) is 98.4 Å². The molecular weight excluding hydrogens is 978 g/mol. The average Bonchev–Trinajstić information content (AvgIpc) is 4.03. The zero-order valence-corrected chi connectivity index (χ0v) is 44.8. The van der Waals surface area contributed by atoms with Gasteiger partial charge in [0.25, 0.3) is 0 Å². The Balaban J connectivity index is 0.000000170. The van der Waals surface area contributed by atoms with Crippen LogP contribution in [0.15, 0.2) is 86.5 Å². The number of anilines is 2. The first kappa shape index (κ1) is 50.6. The van der Waals surface area contributed by atoms with Crippen molar-refractivity contribution in [3.8, 4) is 22.3 Å². The number of hydrogen-bond acceptors (Lipinski definition) is 8. The summed E-state index contributed by atoms with van der Waals surface area (Å²) in [6, 6.07) is 12.0. The van der Waals surface area contributed by atoms with E-state index >= 15 is 8.78 Å². The second-order valence-electron chi connectivity index (χ2n) is 20.5. The van der Waals surface area contributed by atoms with E-state index in [0.717, 1.165) is 79.4 Å². The van der Waals surface area contributed by atoms with Gasteiger partial charge in [-0.2, -0.15) is 10.2 Å². The van der Waals surface area contributed by atoms with E-state index in [0.29, 0.717) is 69.7 Å². The number of piperazine rings is 2. The zero-order valence-electron chi connectivity index (χ0n) is 43.3. The van der Waals surface area contributed by atoms with Crippen molar-refractivity contribution in [1.29, 1.82) is 0 Å². The molecule has 1 saturated carbocycles. The molecule has 8 aromatic rings. The van der Waals surface area contributed by atoms with Gasteiger partial charge in [-0.3, -0.25) is 28.9 Å². The number of amides is 2. The normalized spacial score (nSPS) is 19.1. The van der Waals surface area contributed by atoms with Crippen LogP contribution in [0.5, 0.6) is 0 Å². The molecule has 4 aromatic carbocycles. The molecule has 11 rings (SSSR count). The summed E-state index contributed by atoms with van der Waals surface area (Å²) in [7, 11) is 1.84. The van der Waals surface area contributed by atoms with E-state index in [4.69, 9.17) is 23.2 Å². The quantitative estimate of drug-likeness (QED) is 0.145. The van der Waals surface area contributed by atoms with Gasteiger partial charge in [0.05, 0.1) is 50.9 Å². The van der Waals surface area contributed by atoms with Crippen LogP contribution in [0.25, 0.3) is 65.9 Å². The van der Waals surface area contributed by atoms with Crippen LogP contribution in [0.1, 0.15) is 68.8 Å². The lowest BCUT2D eigenvalue weighted by atomic mass is 9.94. The van der Waals surface area contributed by atoms with Crippen LogP contribution >= 0.6 is 23.2 Å². The second kappa shape index (κ2) is 19.4. The topological polar surface area (TPSA) is 109 Å². The molecule has 12 nitrogen and oxygen atoms in total. The highest BCUT2D eigenvalue weighted by atomic mass is 35.5. The Morgan fingerprint density at radius 3 is 1.47 bits per heavy atom. The van der Waals surface area contributed by atoms with E-state index in [2.05, 4.69) is 57.0 Å². The zero-order chi connectivity index (χ0) is 52.8. The van der Waals surface area contributed by atoms with Crippen LogP contribution < -0.4 is 9.80 Å². The van der Waals surface area contributed by atoms with Crippen molar-refractivity contribution in [2.75, 3.05) is 36.0 Å². The van der Waals surface area contributed by atoms with Crippen LogP contribution in [0.2, 0.25) is 10.0 Å². The minimum atomic E-state index is -0.447. The summed E-state index contributed by atoms with van der Waals surface area (Å²) in [6.45, 7) is 25.7. The minimum Gasteiger partial charge on any atom is -0.364 e. The number of carbonyl (C=O) groups is 2. The van der Waals surface area contributed by atoms with Gasteiger partial charge in [-0.1, -0.05) is 60.6 Å². The first-order valence-electron chi connectivity index (χ1n) is 25.2. The molecule has 3 fully saturated rings. The largest absolute Gasteiger partial charge is 0.364 e. The van der Waals surface area contributed by atoms with E-state index < -0.39 is 11.6 Å². The third-order valence-electron chi connectivity index (χ3n) is 15.4. The van der Waals surface area contributed by atoms with Gasteiger partial charge in [0, 0.05) is 114 Å². The van der Waals surface area contributed by atoms with Crippen LogP contribution in [-0.2, 0) is 16.6 Å². The fraction of sp³-hybridized carbons (Fsp3) is 0.345. The highest BCUT2D eigenvalue weighted by molar-refractivity contribution is 6.35. The van der Waals surface area contributed by atoms with E-state index in [1.54, 1.807) is 23.3 Å². The molecule has 2 amide bonds. The molecule has 382 valence electrons. The summed E-state index contributed by atoms with van der Waals surface area (Å²) in [5, 5.41) is 12.9. The molecule has 74 heavy (non-hydrogen) atoms. The molecule has 0 unspecified atom stereocenters. The summed E-state index contributed by atoms with van der Waals surface area (Å²) in [6.07, 6.45) is 11.9. The number of rotatable bonds is 7. The molecule has 2 aliphatic heterocycles. The Bertz CT molecular complexity index is 3640. The summed E-state index contributed by atoms with van der Waals surface area (Å²) < 4.78 is 36.7. The Morgan fingerprint density at radius 1 is 0.595 bits per heavy atom. The number of hydrogen-bond donors (Lipinski definition) is 0. The molecule has 0 radical (unpaired) electrons. The lowest BCUT2D eigenvalue weighted by Crippen LogP contribution is -2.58. The number of aromatic nitrogens is 6. The number of benzene rings is 4. The smallest absolute Gasteiger partial charge is 0.246 e. The highest BCUT2D eigenvalue weighted by Crippen LogP contribution is 2.47. The van der Waals surface area contributed by atoms with Gasteiger partial charge < -0.3 is 19.6 Å². The van der Waals surface area contributed by atoms with Crippen molar-refractivity contribution >= 4 is 90.0 Å². The van der Waals surface area contributed by atoms with E-state index in [1.807, 2.05) is 106 Å². The molecule has 0 N–H and O–H groups in total. The third kappa shape index (κ3) is 8.43. The van der Waals surface area contributed by atoms with Crippen molar-refractivity contribution in [2.24, 2.45) is 7.05 Å². The number of aryl methyl sites for hydroxylation is 5. The average molecular weight is 1040 g/mol. The molecular formula is C58H60Cl2F2N10O2. The number of nitrogens with zero attached hydrogens (tertiary/aromatic N) is 10. The van der Waals surface area contributed by atoms with Crippen LogP contribution in [0.4, 0.5) is 20.2 Å². The Hall–Kier alpha value is -6.90. The predicted octanol–water partition coefficient (Wildman–Crippen LogP) is 12.4. The summed E-state index contributed by atoms with van der Waals surface area (Å²) in [5.74, 6) is -1.02. The number of pyridine rings is 2. The lowest BCUT2D eigenvalue weighted by molar-refractivity contribution is -0.129. The van der Waals surface area contributed by atoms with Gasteiger partial charge in [-0.05, 0) is 115 Å². The van der Waals surface area contributed by atoms with Gasteiger partial charge >= 0.3 is 0 Å². The van der Waals surface area contributed by atoms with Crippen molar-refractivity contribution in [3.05, 3.63) is 130 Å². The van der Waals surface area contributed by atoms with Crippen LogP contribution in [-0.4, -0.2) is 101 Å². The monoisotopic (exact) mass is 1040 g/mol. The summed E-state index contributed by atoms with van der Waals surface area (Å²) in [4.78, 5) is 42.0. The molecule has 6 heterocycles. The number of halogens is 4. The SMILES string of the molecule is C=CC(=O)N1C[C@H](C)N(c2c(C)cnc3c(F)c(-c4c(C)ccc5cnn(C)c45)c(Cl)cc23)C[C@H]1C.C=CC(=O)N1C[C@H](C)N(c2c(C)cnc3c(F)c(-c4c(C)ccc5cnn(C6CC6)c45)c(Cl)cc23)C[C@H]1C. The second-order valence-corrected chi connectivity index (χ2v) is 21.4. The van der Waals surface area contributed by atoms with Gasteiger partial charge in [-0.25, -0.2) is 8.78 Å². The van der Waals surface area contributed by atoms with Crippen LogP contribution in [0, 0.1) is 39.3 Å². The molecule has 4 atom stereocenters. The Labute approximate surface area is 439 Å². The predicted molar refractivity (Wildman–Crippen MR) is 295 cm³/mol. The maximum Gasteiger partial charge on any atom is 0.246 e. The van der Waals surface area contributed by atoms with Gasteiger partial charge in [-0.15, -0.1) is 0 Å². The Kier molecular flexibility index (Phi) is 13.3. The van der Waals surface area contributed by atoms with E-state index in [-0.39, 0.29) is 41.5 Å². The van der Waals surface area contributed by atoms with Crippen molar-refractivity contribution in [1.82, 2.24) is 39.3 Å². The number of carbonyl (C=O) groups excluding carboxylic acids is 2. The molecule has 3 aliphatic rings. The lowest BCUT2D eigenvalue weighted by Gasteiger charge is -2.45. The highest BCUT2D eigenvalue weighted by Gasteiger charge is 2.36. The van der Waals surface area contributed by atoms with E-state index in [1.165, 1.54) is 12.2 Å². The fourth-order valence-corrected chi connectivity index (χ4v) is 12.1. The van der Waals surface area contributed by atoms with Crippen LogP contribution in [0.3, 0.4) is 0 Å².